The highest BCUT2D eigenvalue weighted by Gasteiger charge is 2.15. The number of benzene rings is 1. The Bertz CT molecular complexity index is 705. The first kappa shape index (κ1) is 16.6. The van der Waals surface area contributed by atoms with Crippen molar-refractivity contribution in [1.82, 2.24) is 4.98 Å². The number of esters is 1. The van der Waals surface area contributed by atoms with Crippen LogP contribution in [0.1, 0.15) is 23.0 Å². The highest BCUT2D eigenvalue weighted by molar-refractivity contribution is 9.10. The van der Waals surface area contributed by atoms with Crippen LogP contribution in [0.4, 0.5) is 9.52 Å². The van der Waals surface area contributed by atoms with Crippen molar-refractivity contribution in [3.63, 3.8) is 0 Å². The van der Waals surface area contributed by atoms with E-state index >= 15 is 0 Å². The lowest BCUT2D eigenvalue weighted by Gasteiger charge is -2.04. The summed E-state index contributed by atoms with van der Waals surface area (Å²) in [5.74, 6) is -1.43. The molecule has 0 bridgehead atoms. The van der Waals surface area contributed by atoms with Crippen molar-refractivity contribution in [3.8, 4) is 0 Å². The first-order valence-electron chi connectivity index (χ1n) is 6.36. The number of amides is 1. The fourth-order valence-corrected chi connectivity index (χ4v) is 2.75. The van der Waals surface area contributed by atoms with Gasteiger partial charge in [0.05, 0.1) is 17.5 Å². The lowest BCUT2D eigenvalue weighted by molar-refractivity contribution is -0.115. The van der Waals surface area contributed by atoms with Crippen LogP contribution in [0.5, 0.6) is 0 Å². The minimum atomic E-state index is -0.544. The first-order valence-corrected chi connectivity index (χ1v) is 8.04. The van der Waals surface area contributed by atoms with Gasteiger partial charge in [-0.15, -0.1) is 11.3 Å². The molecule has 0 aliphatic rings. The normalized spacial score (nSPS) is 10.3. The molecule has 0 aliphatic heterocycles. The van der Waals surface area contributed by atoms with Crippen molar-refractivity contribution < 1.29 is 18.7 Å². The van der Waals surface area contributed by atoms with E-state index in [1.807, 2.05) is 0 Å². The molecule has 1 amide bonds. The second-order valence-electron chi connectivity index (χ2n) is 4.20. The second kappa shape index (κ2) is 7.46. The predicted octanol–water partition coefficient (Wildman–Crippen LogP) is 3.40. The van der Waals surface area contributed by atoms with Gasteiger partial charge >= 0.3 is 5.97 Å². The topological polar surface area (TPSA) is 68.3 Å². The van der Waals surface area contributed by atoms with Crippen LogP contribution in [0.25, 0.3) is 0 Å². The Morgan fingerprint density at radius 2 is 2.23 bits per heavy atom. The van der Waals surface area contributed by atoms with E-state index in [1.165, 1.54) is 11.4 Å². The Hall–Kier alpha value is -1.80. The number of nitrogens with one attached hydrogen (secondary N) is 1. The highest BCUT2D eigenvalue weighted by Crippen LogP contribution is 2.20. The summed E-state index contributed by atoms with van der Waals surface area (Å²) in [6.45, 7) is 1.94. The van der Waals surface area contributed by atoms with Gasteiger partial charge in [-0.2, -0.15) is 0 Å². The molecule has 0 fully saturated rings. The van der Waals surface area contributed by atoms with Crippen molar-refractivity contribution in [2.45, 2.75) is 13.3 Å². The maximum absolute atomic E-state index is 13.8. The van der Waals surface area contributed by atoms with Crippen LogP contribution in [-0.4, -0.2) is 23.5 Å². The van der Waals surface area contributed by atoms with Gasteiger partial charge in [0, 0.05) is 5.38 Å². The largest absolute Gasteiger partial charge is 0.461 e. The Labute approximate surface area is 138 Å². The summed E-state index contributed by atoms with van der Waals surface area (Å²) in [6.07, 6.45) is -0.125. The third kappa shape index (κ3) is 4.11. The summed E-state index contributed by atoms with van der Waals surface area (Å²) in [6, 6.07) is 4.74. The minimum absolute atomic E-state index is 0.125. The van der Waals surface area contributed by atoms with Gasteiger partial charge in [0.25, 0.3) is 0 Å². The maximum atomic E-state index is 13.8. The molecule has 0 aliphatic carbocycles. The van der Waals surface area contributed by atoms with Crippen molar-refractivity contribution in [3.05, 3.63) is 45.1 Å². The van der Waals surface area contributed by atoms with E-state index in [0.29, 0.717) is 4.47 Å². The molecule has 1 aromatic heterocycles. The molecular weight excluding hydrogens is 375 g/mol. The van der Waals surface area contributed by atoms with E-state index in [2.05, 4.69) is 26.2 Å². The smallest absolute Gasteiger partial charge is 0.357 e. The van der Waals surface area contributed by atoms with Crippen LogP contribution in [-0.2, 0) is 16.0 Å². The summed E-state index contributed by atoms with van der Waals surface area (Å²) in [7, 11) is 0. The van der Waals surface area contributed by atoms with Crippen LogP contribution in [0.2, 0.25) is 0 Å². The van der Waals surface area contributed by atoms with E-state index in [-0.39, 0.29) is 29.4 Å². The van der Waals surface area contributed by atoms with Crippen molar-refractivity contribution in [2.75, 3.05) is 11.9 Å². The van der Waals surface area contributed by atoms with Crippen LogP contribution in [0.3, 0.4) is 0 Å². The molecule has 1 heterocycles. The quantitative estimate of drug-likeness (QED) is 0.799. The summed E-state index contributed by atoms with van der Waals surface area (Å²) >= 11 is 4.17. The summed E-state index contributed by atoms with van der Waals surface area (Å²) in [5.41, 5.74) is 0.407. The standard InChI is InChI=1S/C14H12BrFN2O3S/c1-2-21-13(20)10-7-22-14(17-10)18-11(19)6-8-4-3-5-9(15)12(8)16/h3-5,7H,2,6H2,1H3,(H,17,18,19). The van der Waals surface area contributed by atoms with Gasteiger partial charge in [0.2, 0.25) is 5.91 Å². The zero-order valence-corrected chi connectivity index (χ0v) is 14.0. The molecule has 0 spiro atoms. The van der Waals surface area contributed by atoms with Gasteiger partial charge in [-0.1, -0.05) is 12.1 Å². The van der Waals surface area contributed by atoms with Crippen LogP contribution in [0, 0.1) is 5.82 Å². The third-order valence-corrected chi connectivity index (χ3v) is 3.99. The number of hydrogen-bond acceptors (Lipinski definition) is 5. The molecule has 0 atom stereocenters. The van der Waals surface area contributed by atoms with Gasteiger partial charge in [-0.05, 0) is 34.5 Å². The van der Waals surface area contributed by atoms with Gasteiger partial charge < -0.3 is 10.1 Å². The number of hydrogen-bond donors (Lipinski definition) is 1. The molecule has 2 rings (SSSR count). The third-order valence-electron chi connectivity index (χ3n) is 2.62. The molecule has 116 valence electrons. The van der Waals surface area contributed by atoms with Gasteiger partial charge in [-0.3, -0.25) is 4.79 Å². The number of rotatable bonds is 5. The van der Waals surface area contributed by atoms with Crippen molar-refractivity contribution in [2.24, 2.45) is 0 Å². The zero-order chi connectivity index (χ0) is 16.1. The Kier molecular flexibility index (Phi) is 5.62. The van der Waals surface area contributed by atoms with Gasteiger partial charge in [-0.25, -0.2) is 14.2 Å². The van der Waals surface area contributed by atoms with Crippen LogP contribution >= 0.6 is 27.3 Å². The number of carbonyl (C=O) groups is 2. The predicted molar refractivity (Wildman–Crippen MR) is 84.5 cm³/mol. The Morgan fingerprint density at radius 1 is 1.45 bits per heavy atom. The Balaban J connectivity index is 2.00. The van der Waals surface area contributed by atoms with Crippen molar-refractivity contribution >= 4 is 44.3 Å². The van der Waals surface area contributed by atoms with Gasteiger partial charge in [0.1, 0.15) is 5.82 Å². The molecule has 1 N–H and O–H groups in total. The van der Waals surface area contributed by atoms with Crippen molar-refractivity contribution in [1.29, 1.82) is 0 Å². The molecule has 0 unspecified atom stereocenters. The molecule has 5 nitrogen and oxygen atoms in total. The maximum Gasteiger partial charge on any atom is 0.357 e. The highest BCUT2D eigenvalue weighted by atomic mass is 79.9. The molecule has 2 aromatic rings. The van der Waals surface area contributed by atoms with Crippen LogP contribution in [0.15, 0.2) is 28.1 Å². The molecule has 0 saturated heterocycles. The average Bonchev–Trinajstić information content (AvgIpc) is 2.92. The SMILES string of the molecule is CCOC(=O)c1csc(NC(=O)Cc2cccc(Br)c2F)n1. The molecule has 0 saturated carbocycles. The minimum Gasteiger partial charge on any atom is -0.461 e. The Morgan fingerprint density at radius 3 is 2.95 bits per heavy atom. The molecule has 1 aromatic carbocycles. The molecule has 0 radical (unpaired) electrons. The number of aromatic nitrogens is 1. The van der Waals surface area contributed by atoms with E-state index in [1.54, 1.807) is 19.1 Å². The number of thiazole rings is 1. The molecule has 22 heavy (non-hydrogen) atoms. The van der Waals surface area contributed by atoms with Crippen LogP contribution < -0.4 is 5.32 Å². The summed E-state index contributed by atoms with van der Waals surface area (Å²) in [5, 5.41) is 4.29. The van der Waals surface area contributed by atoms with Gasteiger partial charge in [0.15, 0.2) is 10.8 Å². The first-order chi connectivity index (χ1) is 10.5. The fourth-order valence-electron chi connectivity index (χ4n) is 1.65. The lowest BCUT2D eigenvalue weighted by Crippen LogP contribution is -2.15. The molecule has 8 heteroatoms. The second-order valence-corrected chi connectivity index (χ2v) is 5.91. The van der Waals surface area contributed by atoms with E-state index in [4.69, 9.17) is 4.74 Å². The monoisotopic (exact) mass is 386 g/mol. The number of nitrogens with zero attached hydrogens (tertiary/aromatic N) is 1. The fraction of sp³-hybridized carbons (Fsp3) is 0.214. The zero-order valence-electron chi connectivity index (χ0n) is 11.6. The summed E-state index contributed by atoms with van der Waals surface area (Å²) < 4.78 is 18.9. The number of ether oxygens (including phenoxy) is 1. The number of carbonyl (C=O) groups excluding carboxylic acids is 2. The number of anilines is 1. The van der Waals surface area contributed by atoms with E-state index in [0.717, 1.165) is 11.3 Å². The lowest BCUT2D eigenvalue weighted by atomic mass is 10.1. The van der Waals surface area contributed by atoms with E-state index in [9.17, 15) is 14.0 Å². The molecular formula is C14H12BrFN2O3S. The number of halogens is 2. The average molecular weight is 387 g/mol. The summed E-state index contributed by atoms with van der Waals surface area (Å²) in [4.78, 5) is 27.3. The van der Waals surface area contributed by atoms with E-state index < -0.39 is 17.7 Å².